The zero-order valence-electron chi connectivity index (χ0n) is 25.0. The average Bonchev–Trinajstić information content (AvgIpc) is 3.17. The second-order valence-corrected chi connectivity index (χ2v) is 18.6. The van der Waals surface area contributed by atoms with Crippen molar-refractivity contribution in [3.05, 3.63) is 88.0 Å². The molecule has 1 aliphatic heterocycles. The number of ether oxygens (including phenoxy) is 1. The number of pyridine rings is 1. The predicted octanol–water partition coefficient (Wildman–Crippen LogP) is 10.1. The fourth-order valence-electron chi connectivity index (χ4n) is 5.86. The maximum atomic E-state index is 14.1. The highest BCUT2D eigenvalue weighted by Crippen LogP contribution is 2.55. The first-order chi connectivity index (χ1) is 18.9. The molecule has 3 aromatic rings. The van der Waals surface area contributed by atoms with Gasteiger partial charge in [0, 0.05) is 16.8 Å². The van der Waals surface area contributed by atoms with Crippen molar-refractivity contribution in [3.8, 4) is 11.1 Å². The van der Waals surface area contributed by atoms with Crippen LogP contribution >= 0.6 is 0 Å². The number of aromatic nitrogens is 1. The third-order valence-corrected chi connectivity index (χ3v) is 13.5. The maximum Gasteiger partial charge on any atom is 0.416 e. The van der Waals surface area contributed by atoms with Gasteiger partial charge < -0.3 is 9.16 Å². The van der Waals surface area contributed by atoms with Gasteiger partial charge in [0.05, 0.1) is 23.5 Å². The number of alkyl halides is 3. The van der Waals surface area contributed by atoms with Crippen molar-refractivity contribution in [1.29, 1.82) is 0 Å². The Morgan fingerprint density at radius 3 is 2.12 bits per heavy atom. The van der Waals surface area contributed by atoms with Gasteiger partial charge in [-0.15, -0.1) is 0 Å². The van der Waals surface area contributed by atoms with E-state index in [1.807, 2.05) is 6.92 Å². The molecule has 0 radical (unpaired) electrons. The molecule has 0 spiro atoms. The first-order valence-corrected chi connectivity index (χ1v) is 17.1. The minimum absolute atomic E-state index is 0.0185. The molecule has 3 unspecified atom stereocenters. The third kappa shape index (κ3) is 5.63. The van der Waals surface area contributed by atoms with Crippen molar-refractivity contribution in [2.24, 2.45) is 5.41 Å². The summed E-state index contributed by atoms with van der Waals surface area (Å²) in [5, 5.41) is -0.0185. The molecule has 0 amide bonds. The van der Waals surface area contributed by atoms with Crippen LogP contribution in [0.5, 0.6) is 0 Å². The van der Waals surface area contributed by atoms with Crippen molar-refractivity contribution in [2.75, 3.05) is 0 Å². The van der Waals surface area contributed by atoms with Crippen LogP contribution in [0.25, 0.3) is 11.1 Å². The van der Waals surface area contributed by atoms with Gasteiger partial charge in [0.15, 0.2) is 8.32 Å². The Labute approximate surface area is 241 Å². The molecule has 220 valence electrons. The number of fused-ring (bicyclic) bond motifs is 2. The Bertz CT molecular complexity index is 1440. The maximum absolute atomic E-state index is 14.1. The third-order valence-electron chi connectivity index (χ3n) is 8.99. The van der Waals surface area contributed by atoms with Crippen LogP contribution in [0.3, 0.4) is 0 Å². The zero-order chi connectivity index (χ0) is 30.1. The number of benzene rings is 2. The van der Waals surface area contributed by atoms with Gasteiger partial charge in [-0.2, -0.15) is 13.2 Å². The summed E-state index contributed by atoms with van der Waals surface area (Å²) in [6.07, 6.45) is -4.12. The fraction of sp³-hybridized carbons (Fsp3) is 0.485. The van der Waals surface area contributed by atoms with Crippen LogP contribution in [-0.2, 0) is 21.8 Å². The van der Waals surface area contributed by atoms with Crippen LogP contribution < -0.4 is 0 Å². The summed E-state index contributed by atoms with van der Waals surface area (Å²) in [7, 11) is -2.23. The molecule has 0 N–H and O–H groups in total. The van der Waals surface area contributed by atoms with Gasteiger partial charge >= 0.3 is 6.18 Å². The van der Waals surface area contributed by atoms with E-state index >= 15 is 0 Å². The molecule has 1 aromatic heterocycles. The molecule has 3 nitrogen and oxygen atoms in total. The molecule has 0 saturated carbocycles. The number of halogens is 4. The van der Waals surface area contributed by atoms with E-state index in [0.29, 0.717) is 5.56 Å². The molecule has 0 saturated heterocycles. The van der Waals surface area contributed by atoms with E-state index in [0.717, 1.165) is 58.6 Å². The van der Waals surface area contributed by atoms with Gasteiger partial charge in [0.1, 0.15) is 11.9 Å². The standard InChI is InChI=1S/C33H39F4NO2Si/c1-19-29-28(30(39-19)21-9-13-22(14-10-21)33(35,36)37)26(20-11-15-23(34)16-12-20)27-24(38-29)17-32(5,6)18-25(27)40-41(7,8)31(2,3)4/h9-16,19,25,30H,17-18H2,1-8H3. The first-order valence-electron chi connectivity index (χ1n) is 14.2. The van der Waals surface area contributed by atoms with Crippen molar-refractivity contribution in [2.45, 2.75) is 97.0 Å². The lowest BCUT2D eigenvalue weighted by molar-refractivity contribution is -0.137. The molecule has 2 aliphatic rings. The van der Waals surface area contributed by atoms with Gasteiger partial charge in [0.25, 0.3) is 0 Å². The lowest BCUT2D eigenvalue weighted by Gasteiger charge is -2.45. The number of hydrogen-bond acceptors (Lipinski definition) is 3. The number of rotatable bonds is 4. The first kappa shape index (κ1) is 29.9. The molecule has 1 aliphatic carbocycles. The smallest absolute Gasteiger partial charge is 0.410 e. The largest absolute Gasteiger partial charge is 0.416 e. The minimum atomic E-state index is -4.43. The average molecular weight is 586 g/mol. The van der Waals surface area contributed by atoms with E-state index in [9.17, 15) is 17.6 Å². The predicted molar refractivity (Wildman–Crippen MR) is 156 cm³/mol. The van der Waals surface area contributed by atoms with Crippen LogP contribution in [-0.4, -0.2) is 13.3 Å². The minimum Gasteiger partial charge on any atom is -0.410 e. The van der Waals surface area contributed by atoms with Crippen LogP contribution in [0, 0.1) is 11.2 Å². The van der Waals surface area contributed by atoms with E-state index < -0.39 is 26.2 Å². The lowest BCUT2D eigenvalue weighted by Crippen LogP contribution is -2.44. The van der Waals surface area contributed by atoms with Crippen molar-refractivity contribution in [3.63, 3.8) is 0 Å². The molecule has 0 fully saturated rings. The molecule has 8 heteroatoms. The highest BCUT2D eigenvalue weighted by Gasteiger charge is 2.46. The Morgan fingerprint density at radius 2 is 1.56 bits per heavy atom. The van der Waals surface area contributed by atoms with Crippen LogP contribution in [0.4, 0.5) is 17.6 Å². The highest BCUT2D eigenvalue weighted by molar-refractivity contribution is 6.74. The SMILES string of the molecule is CC1OC(c2ccc(C(F)(F)F)cc2)c2c1nc1c(c2-c2ccc(F)cc2)C(O[Si](C)(C)C(C)(C)C)CC(C)(C)C1. The zero-order valence-corrected chi connectivity index (χ0v) is 26.0. The summed E-state index contributed by atoms with van der Waals surface area (Å²) in [6, 6.07) is 11.6. The van der Waals surface area contributed by atoms with Gasteiger partial charge in [-0.3, -0.25) is 4.98 Å². The number of hydrogen-bond donors (Lipinski definition) is 0. The van der Waals surface area contributed by atoms with Crippen LogP contribution in [0.2, 0.25) is 18.1 Å². The summed E-state index contributed by atoms with van der Waals surface area (Å²) in [5.74, 6) is -0.340. The second kappa shape index (κ2) is 10.0. The van der Waals surface area contributed by atoms with E-state index in [4.69, 9.17) is 14.1 Å². The molecular weight excluding hydrogens is 546 g/mol. The van der Waals surface area contributed by atoms with Crippen LogP contribution in [0.15, 0.2) is 48.5 Å². The summed E-state index contributed by atoms with van der Waals surface area (Å²) < 4.78 is 67.7. The summed E-state index contributed by atoms with van der Waals surface area (Å²) in [6.45, 7) is 17.5. The fourth-order valence-corrected chi connectivity index (χ4v) is 7.12. The van der Waals surface area contributed by atoms with Gasteiger partial charge in [0.2, 0.25) is 0 Å². The molecule has 2 aromatic carbocycles. The summed E-state index contributed by atoms with van der Waals surface area (Å²) in [4.78, 5) is 5.21. The lowest BCUT2D eigenvalue weighted by atomic mass is 9.72. The Kier molecular flexibility index (Phi) is 7.32. The molecule has 41 heavy (non-hydrogen) atoms. The van der Waals surface area contributed by atoms with E-state index in [1.54, 1.807) is 12.1 Å². The van der Waals surface area contributed by atoms with Crippen molar-refractivity contribution < 1.29 is 26.7 Å². The van der Waals surface area contributed by atoms with Crippen LogP contribution in [0.1, 0.15) is 99.9 Å². The molecular formula is C33H39F4NO2Si. The van der Waals surface area contributed by atoms with Gasteiger partial charge in [-0.1, -0.05) is 58.9 Å². The summed E-state index contributed by atoms with van der Waals surface area (Å²) in [5.41, 5.74) is 5.12. The summed E-state index contributed by atoms with van der Waals surface area (Å²) >= 11 is 0. The Morgan fingerprint density at radius 1 is 0.951 bits per heavy atom. The molecule has 5 rings (SSSR count). The van der Waals surface area contributed by atoms with Gasteiger partial charge in [-0.25, -0.2) is 4.39 Å². The number of nitrogens with zero attached hydrogens (tertiary/aromatic N) is 1. The topological polar surface area (TPSA) is 31.4 Å². The van der Waals surface area contributed by atoms with Crippen molar-refractivity contribution >= 4 is 8.32 Å². The van der Waals surface area contributed by atoms with E-state index in [-0.39, 0.29) is 28.5 Å². The molecule has 0 bridgehead atoms. The monoisotopic (exact) mass is 585 g/mol. The van der Waals surface area contributed by atoms with Gasteiger partial charge in [-0.05, 0) is 84.3 Å². The Hall–Kier alpha value is -2.55. The second-order valence-electron chi connectivity index (χ2n) is 13.8. The quantitative estimate of drug-likeness (QED) is 0.226. The normalized spacial score (nSPS) is 22.4. The molecule has 2 heterocycles. The highest BCUT2D eigenvalue weighted by atomic mass is 28.4. The van der Waals surface area contributed by atoms with E-state index in [2.05, 4.69) is 47.7 Å². The molecule has 3 atom stereocenters. The van der Waals surface area contributed by atoms with E-state index in [1.165, 1.54) is 24.3 Å². The van der Waals surface area contributed by atoms with Crippen molar-refractivity contribution in [1.82, 2.24) is 4.98 Å². The Balaban J connectivity index is 1.76.